The Morgan fingerprint density at radius 2 is 1.47 bits per heavy atom. The van der Waals surface area contributed by atoms with E-state index in [1.165, 1.54) is 18.2 Å². The first kappa shape index (κ1) is 13.6. The molecule has 0 saturated carbocycles. The van der Waals surface area contributed by atoms with E-state index >= 15 is 0 Å². The smallest absolute Gasteiger partial charge is 0.159 e. The van der Waals surface area contributed by atoms with Crippen molar-refractivity contribution in [3.8, 4) is 0 Å². The van der Waals surface area contributed by atoms with Crippen LogP contribution in [-0.4, -0.2) is 5.11 Å². The van der Waals surface area contributed by atoms with E-state index in [1.54, 1.807) is 13.8 Å². The Kier molecular flexibility index (Phi) is 3.62. The first-order valence-corrected chi connectivity index (χ1v) is 5.80. The van der Waals surface area contributed by atoms with Crippen LogP contribution in [-0.2, 0) is 0 Å². The monoisotopic (exact) mass is 266 g/mol. The molecular weight excluding hydrogens is 253 g/mol. The second-order valence-electron chi connectivity index (χ2n) is 4.53. The van der Waals surface area contributed by atoms with Gasteiger partial charge in [-0.15, -0.1) is 0 Å². The second-order valence-corrected chi connectivity index (χ2v) is 4.53. The molecule has 1 atom stereocenters. The molecule has 1 N–H and O–H groups in total. The summed E-state index contributed by atoms with van der Waals surface area (Å²) in [4.78, 5) is 0. The Labute approximate surface area is 109 Å². The van der Waals surface area contributed by atoms with Crippen molar-refractivity contribution in [3.05, 3.63) is 70.0 Å². The van der Waals surface area contributed by atoms with Crippen LogP contribution in [0.3, 0.4) is 0 Å². The van der Waals surface area contributed by atoms with Gasteiger partial charge in [-0.25, -0.2) is 13.2 Å². The number of rotatable bonds is 2. The van der Waals surface area contributed by atoms with E-state index in [-0.39, 0.29) is 5.56 Å². The van der Waals surface area contributed by atoms with Gasteiger partial charge in [-0.3, -0.25) is 0 Å². The summed E-state index contributed by atoms with van der Waals surface area (Å²) in [6.07, 6.45) is -1.12. The van der Waals surface area contributed by atoms with Crippen molar-refractivity contribution in [3.63, 3.8) is 0 Å². The third kappa shape index (κ3) is 2.63. The lowest BCUT2D eigenvalue weighted by atomic mass is 9.93. The molecule has 1 unspecified atom stereocenters. The zero-order valence-electron chi connectivity index (χ0n) is 10.5. The predicted molar refractivity (Wildman–Crippen MR) is 66.3 cm³/mol. The molecule has 0 heterocycles. The SMILES string of the molecule is Cc1cc(F)cc(C)c1C(O)c1ccc(F)c(F)c1. The van der Waals surface area contributed by atoms with Crippen LogP contribution in [0.2, 0.25) is 0 Å². The summed E-state index contributed by atoms with van der Waals surface area (Å²) < 4.78 is 39.2. The average Bonchev–Trinajstić information content (AvgIpc) is 2.31. The lowest BCUT2D eigenvalue weighted by Gasteiger charge is -2.17. The molecular formula is C15H13F3O. The first-order chi connectivity index (χ1) is 8.90. The highest BCUT2D eigenvalue weighted by Gasteiger charge is 2.17. The van der Waals surface area contributed by atoms with Crippen LogP contribution in [0, 0.1) is 31.3 Å². The van der Waals surface area contributed by atoms with Crippen molar-refractivity contribution < 1.29 is 18.3 Å². The van der Waals surface area contributed by atoms with Gasteiger partial charge in [0.1, 0.15) is 11.9 Å². The van der Waals surface area contributed by atoms with Crippen LogP contribution in [0.25, 0.3) is 0 Å². The third-order valence-electron chi connectivity index (χ3n) is 3.09. The summed E-state index contributed by atoms with van der Waals surface area (Å²) in [5.74, 6) is -2.38. The van der Waals surface area contributed by atoms with Crippen molar-refractivity contribution in [2.75, 3.05) is 0 Å². The normalized spacial score (nSPS) is 12.5. The zero-order chi connectivity index (χ0) is 14.2. The van der Waals surface area contributed by atoms with E-state index in [2.05, 4.69) is 0 Å². The number of benzene rings is 2. The molecule has 0 aliphatic heterocycles. The summed E-state index contributed by atoms with van der Waals surface area (Å²) in [5.41, 5.74) is 1.87. The van der Waals surface area contributed by atoms with Crippen LogP contribution < -0.4 is 0 Å². The number of aryl methyl sites for hydroxylation is 2. The van der Waals surface area contributed by atoms with Gasteiger partial charge < -0.3 is 5.11 Å². The van der Waals surface area contributed by atoms with E-state index in [0.717, 1.165) is 12.1 Å². The van der Waals surface area contributed by atoms with Crippen LogP contribution in [0.15, 0.2) is 30.3 Å². The standard InChI is InChI=1S/C15H13F3O/c1-8-5-11(16)6-9(2)14(8)15(19)10-3-4-12(17)13(18)7-10/h3-7,15,19H,1-2H3. The van der Waals surface area contributed by atoms with E-state index < -0.39 is 23.6 Å². The molecule has 0 amide bonds. The quantitative estimate of drug-likeness (QED) is 0.876. The highest BCUT2D eigenvalue weighted by molar-refractivity contribution is 5.41. The van der Waals surface area contributed by atoms with Crippen LogP contribution >= 0.6 is 0 Å². The first-order valence-electron chi connectivity index (χ1n) is 5.80. The van der Waals surface area contributed by atoms with Crippen molar-refractivity contribution in [2.45, 2.75) is 20.0 Å². The van der Waals surface area contributed by atoms with E-state index in [9.17, 15) is 18.3 Å². The Morgan fingerprint density at radius 3 is 2.00 bits per heavy atom. The van der Waals surface area contributed by atoms with Crippen LogP contribution in [0.5, 0.6) is 0 Å². The van der Waals surface area contributed by atoms with Gasteiger partial charge in [0.05, 0.1) is 0 Å². The van der Waals surface area contributed by atoms with E-state index in [4.69, 9.17) is 0 Å². The average molecular weight is 266 g/mol. The minimum atomic E-state index is -1.12. The maximum atomic E-state index is 13.2. The third-order valence-corrected chi connectivity index (χ3v) is 3.09. The van der Waals surface area contributed by atoms with Gasteiger partial charge in [-0.2, -0.15) is 0 Å². The van der Waals surface area contributed by atoms with Gasteiger partial charge in [0.15, 0.2) is 11.6 Å². The summed E-state index contributed by atoms with van der Waals surface area (Å²) >= 11 is 0. The van der Waals surface area contributed by atoms with Crippen molar-refractivity contribution >= 4 is 0 Å². The Bertz CT molecular complexity index is 600. The molecule has 0 saturated heterocycles. The minimum Gasteiger partial charge on any atom is -0.384 e. The summed E-state index contributed by atoms with van der Waals surface area (Å²) in [5, 5.41) is 10.2. The number of aliphatic hydroxyl groups excluding tert-OH is 1. The fourth-order valence-corrected chi connectivity index (χ4v) is 2.20. The van der Waals surface area contributed by atoms with Gasteiger partial charge in [-0.1, -0.05) is 6.07 Å². The topological polar surface area (TPSA) is 20.2 Å². The van der Waals surface area contributed by atoms with E-state index in [1.807, 2.05) is 0 Å². The molecule has 1 nitrogen and oxygen atoms in total. The van der Waals surface area contributed by atoms with Gasteiger partial charge >= 0.3 is 0 Å². The summed E-state index contributed by atoms with van der Waals surface area (Å²) in [6, 6.07) is 5.81. The summed E-state index contributed by atoms with van der Waals surface area (Å²) in [7, 11) is 0. The predicted octanol–water partition coefficient (Wildman–Crippen LogP) is 3.80. The zero-order valence-corrected chi connectivity index (χ0v) is 10.5. The van der Waals surface area contributed by atoms with Crippen LogP contribution in [0.4, 0.5) is 13.2 Å². The van der Waals surface area contributed by atoms with Crippen molar-refractivity contribution in [2.24, 2.45) is 0 Å². The van der Waals surface area contributed by atoms with Crippen molar-refractivity contribution in [1.29, 1.82) is 0 Å². The fourth-order valence-electron chi connectivity index (χ4n) is 2.20. The molecule has 2 rings (SSSR count). The molecule has 0 aliphatic rings. The van der Waals surface area contributed by atoms with Gasteiger partial charge in [0, 0.05) is 0 Å². The highest BCUT2D eigenvalue weighted by atomic mass is 19.2. The van der Waals surface area contributed by atoms with Gasteiger partial charge in [0.25, 0.3) is 0 Å². The Hall–Kier alpha value is -1.81. The lowest BCUT2D eigenvalue weighted by Crippen LogP contribution is -2.06. The van der Waals surface area contributed by atoms with Gasteiger partial charge in [-0.05, 0) is 60.4 Å². The number of hydrogen-bond acceptors (Lipinski definition) is 1. The van der Waals surface area contributed by atoms with Crippen LogP contribution in [0.1, 0.15) is 28.4 Å². The van der Waals surface area contributed by atoms with Crippen molar-refractivity contribution in [1.82, 2.24) is 0 Å². The van der Waals surface area contributed by atoms with Gasteiger partial charge in [0.2, 0.25) is 0 Å². The molecule has 0 aromatic heterocycles. The summed E-state index contributed by atoms with van der Waals surface area (Å²) in [6.45, 7) is 3.32. The molecule has 0 radical (unpaired) electrons. The Balaban J connectivity index is 2.49. The molecule has 0 spiro atoms. The molecule has 2 aromatic rings. The molecule has 2 aromatic carbocycles. The fraction of sp³-hybridized carbons (Fsp3) is 0.200. The minimum absolute atomic E-state index is 0.233. The largest absolute Gasteiger partial charge is 0.384 e. The molecule has 19 heavy (non-hydrogen) atoms. The maximum Gasteiger partial charge on any atom is 0.159 e. The second kappa shape index (κ2) is 5.05. The maximum absolute atomic E-state index is 13.2. The number of aliphatic hydroxyl groups is 1. The highest BCUT2D eigenvalue weighted by Crippen LogP contribution is 2.29. The molecule has 0 fully saturated rings. The molecule has 0 aliphatic carbocycles. The molecule has 4 heteroatoms. The Morgan fingerprint density at radius 1 is 0.895 bits per heavy atom. The molecule has 100 valence electrons. The lowest BCUT2D eigenvalue weighted by molar-refractivity contribution is 0.218. The number of halogens is 3. The number of hydrogen-bond donors (Lipinski definition) is 1. The molecule has 0 bridgehead atoms. The van der Waals surface area contributed by atoms with E-state index in [0.29, 0.717) is 16.7 Å².